The molecule has 0 saturated carbocycles. The number of hydrogen-bond donors (Lipinski definition) is 2. The molecule has 0 saturated heterocycles. The second kappa shape index (κ2) is 10.3. The Balaban J connectivity index is 0.00000280. The normalized spacial score (nSPS) is 10.5. The van der Waals surface area contributed by atoms with Crippen molar-refractivity contribution < 1.29 is 4.74 Å². The van der Waals surface area contributed by atoms with Gasteiger partial charge in [0, 0.05) is 5.69 Å². The number of aliphatic imine (C=N–C) groups is 1. The molecule has 0 spiro atoms. The number of nitrogens with one attached hydrogen (secondary N) is 1. The SMILES string of the molecule is COc1ccc(NC(N)=NCc2ccc(-c3ccccc3C#N)cc2)cc1.I. The van der Waals surface area contributed by atoms with Crippen LogP contribution in [0.25, 0.3) is 11.1 Å². The molecule has 28 heavy (non-hydrogen) atoms. The van der Waals surface area contributed by atoms with Gasteiger partial charge in [-0.1, -0.05) is 42.5 Å². The predicted molar refractivity (Wildman–Crippen MR) is 124 cm³/mol. The van der Waals surface area contributed by atoms with Crippen molar-refractivity contribution in [3.63, 3.8) is 0 Å². The second-order valence-corrected chi connectivity index (χ2v) is 5.91. The van der Waals surface area contributed by atoms with E-state index in [9.17, 15) is 5.26 Å². The summed E-state index contributed by atoms with van der Waals surface area (Å²) in [5.74, 6) is 1.13. The lowest BCUT2D eigenvalue weighted by Gasteiger charge is -2.07. The molecule has 3 aromatic carbocycles. The van der Waals surface area contributed by atoms with Crippen LogP contribution in [-0.2, 0) is 6.54 Å². The van der Waals surface area contributed by atoms with Gasteiger partial charge < -0.3 is 15.8 Å². The summed E-state index contributed by atoms with van der Waals surface area (Å²) < 4.78 is 5.13. The summed E-state index contributed by atoms with van der Waals surface area (Å²) in [4.78, 5) is 4.37. The molecule has 142 valence electrons. The van der Waals surface area contributed by atoms with E-state index in [1.165, 1.54) is 0 Å². The Labute approximate surface area is 181 Å². The number of nitrogens with two attached hydrogens (primary N) is 1. The molecule has 0 aromatic heterocycles. The fourth-order valence-corrected chi connectivity index (χ4v) is 2.66. The highest BCUT2D eigenvalue weighted by molar-refractivity contribution is 14.0. The van der Waals surface area contributed by atoms with Gasteiger partial charge in [-0.05, 0) is 47.0 Å². The van der Waals surface area contributed by atoms with E-state index in [4.69, 9.17) is 10.5 Å². The fourth-order valence-electron chi connectivity index (χ4n) is 2.66. The first-order valence-corrected chi connectivity index (χ1v) is 8.49. The zero-order valence-corrected chi connectivity index (χ0v) is 17.8. The van der Waals surface area contributed by atoms with Gasteiger partial charge >= 0.3 is 0 Å². The highest BCUT2D eigenvalue weighted by atomic mass is 127. The third-order valence-electron chi connectivity index (χ3n) is 4.11. The predicted octanol–water partition coefficient (Wildman–Crippen LogP) is 4.78. The number of ether oxygens (including phenoxy) is 1. The van der Waals surface area contributed by atoms with E-state index in [0.717, 1.165) is 28.1 Å². The summed E-state index contributed by atoms with van der Waals surface area (Å²) in [7, 11) is 1.63. The molecule has 0 radical (unpaired) electrons. The van der Waals surface area contributed by atoms with Crippen LogP contribution in [0.4, 0.5) is 5.69 Å². The van der Waals surface area contributed by atoms with Crippen molar-refractivity contribution in [3.05, 3.63) is 83.9 Å². The number of nitrogens with zero attached hydrogens (tertiary/aromatic N) is 2. The van der Waals surface area contributed by atoms with Gasteiger partial charge in [0.15, 0.2) is 5.96 Å². The molecule has 0 bridgehead atoms. The largest absolute Gasteiger partial charge is 0.497 e. The first kappa shape index (κ1) is 21.3. The number of rotatable bonds is 5. The van der Waals surface area contributed by atoms with Crippen LogP contribution in [0.2, 0.25) is 0 Å². The minimum absolute atomic E-state index is 0. The monoisotopic (exact) mass is 484 g/mol. The quantitative estimate of drug-likeness (QED) is 0.310. The Morgan fingerprint density at radius 2 is 1.71 bits per heavy atom. The molecule has 0 fully saturated rings. The van der Waals surface area contributed by atoms with Crippen LogP contribution in [0.3, 0.4) is 0 Å². The van der Waals surface area contributed by atoms with Crippen LogP contribution in [0.5, 0.6) is 5.75 Å². The maximum Gasteiger partial charge on any atom is 0.193 e. The maximum absolute atomic E-state index is 9.23. The molecule has 0 aliphatic rings. The zero-order valence-electron chi connectivity index (χ0n) is 15.4. The Bertz CT molecular complexity index is 977. The maximum atomic E-state index is 9.23. The molecule has 0 amide bonds. The summed E-state index contributed by atoms with van der Waals surface area (Å²) in [6.07, 6.45) is 0. The van der Waals surface area contributed by atoms with Crippen LogP contribution in [-0.4, -0.2) is 13.1 Å². The minimum Gasteiger partial charge on any atom is -0.497 e. The molecular weight excluding hydrogens is 463 g/mol. The van der Waals surface area contributed by atoms with Crippen LogP contribution in [0.1, 0.15) is 11.1 Å². The number of guanidine groups is 1. The second-order valence-electron chi connectivity index (χ2n) is 5.91. The molecule has 3 N–H and O–H groups in total. The summed E-state index contributed by atoms with van der Waals surface area (Å²) in [6, 6.07) is 25.2. The first-order valence-electron chi connectivity index (χ1n) is 8.49. The van der Waals surface area contributed by atoms with E-state index in [0.29, 0.717) is 18.1 Å². The number of nitriles is 1. The number of hydrogen-bond acceptors (Lipinski definition) is 3. The Hall–Kier alpha value is -3.05. The van der Waals surface area contributed by atoms with Crippen molar-refractivity contribution in [3.8, 4) is 22.9 Å². The third kappa shape index (κ3) is 5.47. The number of methoxy groups -OCH3 is 1. The Morgan fingerprint density at radius 3 is 2.36 bits per heavy atom. The number of benzene rings is 3. The highest BCUT2D eigenvalue weighted by Crippen LogP contribution is 2.23. The van der Waals surface area contributed by atoms with Crippen molar-refractivity contribution in [2.24, 2.45) is 10.7 Å². The lowest BCUT2D eigenvalue weighted by Crippen LogP contribution is -2.22. The van der Waals surface area contributed by atoms with Crippen molar-refractivity contribution in [2.45, 2.75) is 6.54 Å². The van der Waals surface area contributed by atoms with Gasteiger partial charge in [0.2, 0.25) is 0 Å². The molecule has 5 nitrogen and oxygen atoms in total. The van der Waals surface area contributed by atoms with Gasteiger partial charge in [-0.25, -0.2) is 4.99 Å². The summed E-state index contributed by atoms with van der Waals surface area (Å²) in [5, 5.41) is 12.3. The highest BCUT2D eigenvalue weighted by Gasteiger charge is 2.04. The molecule has 3 rings (SSSR count). The topological polar surface area (TPSA) is 83.4 Å². The van der Waals surface area contributed by atoms with Gasteiger partial charge in [-0.3, -0.25) is 0 Å². The lowest BCUT2D eigenvalue weighted by molar-refractivity contribution is 0.415. The van der Waals surface area contributed by atoms with Gasteiger partial charge in [-0.15, -0.1) is 24.0 Å². The van der Waals surface area contributed by atoms with Gasteiger partial charge in [-0.2, -0.15) is 5.26 Å². The van der Waals surface area contributed by atoms with Gasteiger partial charge in [0.05, 0.1) is 25.3 Å². The van der Waals surface area contributed by atoms with Gasteiger partial charge in [0.1, 0.15) is 5.75 Å². The number of anilines is 1. The number of halogens is 1. The molecule has 0 unspecified atom stereocenters. The first-order chi connectivity index (χ1) is 13.2. The van der Waals surface area contributed by atoms with Crippen LogP contribution < -0.4 is 15.8 Å². The molecule has 0 heterocycles. The van der Waals surface area contributed by atoms with E-state index < -0.39 is 0 Å². The lowest BCUT2D eigenvalue weighted by atomic mass is 9.99. The van der Waals surface area contributed by atoms with Crippen molar-refractivity contribution in [2.75, 3.05) is 12.4 Å². The minimum atomic E-state index is 0. The van der Waals surface area contributed by atoms with E-state index in [2.05, 4.69) is 16.4 Å². The van der Waals surface area contributed by atoms with E-state index in [-0.39, 0.29) is 24.0 Å². The molecule has 0 aliphatic carbocycles. The van der Waals surface area contributed by atoms with Crippen molar-refractivity contribution in [1.29, 1.82) is 5.26 Å². The molecule has 0 aliphatic heterocycles. The molecular formula is C22H21IN4O. The Morgan fingerprint density at radius 1 is 1.04 bits per heavy atom. The average Bonchev–Trinajstić information content (AvgIpc) is 2.73. The molecule has 6 heteroatoms. The van der Waals surface area contributed by atoms with E-state index >= 15 is 0 Å². The van der Waals surface area contributed by atoms with Gasteiger partial charge in [0.25, 0.3) is 0 Å². The van der Waals surface area contributed by atoms with Crippen LogP contribution >= 0.6 is 24.0 Å². The van der Waals surface area contributed by atoms with E-state index in [1.807, 2.05) is 72.8 Å². The van der Waals surface area contributed by atoms with Crippen molar-refractivity contribution in [1.82, 2.24) is 0 Å². The van der Waals surface area contributed by atoms with E-state index in [1.54, 1.807) is 7.11 Å². The zero-order chi connectivity index (χ0) is 19.1. The third-order valence-corrected chi connectivity index (χ3v) is 4.11. The summed E-state index contributed by atoms with van der Waals surface area (Å²) in [5.41, 5.74) is 10.4. The van der Waals surface area contributed by atoms with Crippen LogP contribution in [0.15, 0.2) is 77.8 Å². The Kier molecular flexibility index (Phi) is 7.84. The molecule has 0 atom stereocenters. The van der Waals surface area contributed by atoms with Crippen molar-refractivity contribution >= 4 is 35.6 Å². The fraction of sp³-hybridized carbons (Fsp3) is 0.0909. The smallest absolute Gasteiger partial charge is 0.193 e. The average molecular weight is 484 g/mol. The summed E-state index contributed by atoms with van der Waals surface area (Å²) >= 11 is 0. The summed E-state index contributed by atoms with van der Waals surface area (Å²) in [6.45, 7) is 0.467. The standard InChI is InChI=1S/C22H20N4O.HI/c1-27-20-12-10-19(11-13-20)26-22(24)25-15-16-6-8-17(9-7-16)21-5-3-2-4-18(21)14-23;/h2-13H,15H2,1H3,(H3,24,25,26);1H. The molecule has 3 aromatic rings. The van der Waals surface area contributed by atoms with Crippen LogP contribution in [0, 0.1) is 11.3 Å².